The lowest BCUT2D eigenvalue weighted by Gasteiger charge is -2.07. The molecule has 0 unspecified atom stereocenters. The average molecular weight is 330 g/mol. The molecule has 0 bridgehead atoms. The number of unbranched alkanes of at least 4 members (excludes halogenated alkanes) is 5. The number of rotatable bonds is 8. The molecule has 0 saturated heterocycles. The van der Waals surface area contributed by atoms with Crippen LogP contribution in [0.5, 0.6) is 0 Å². The second-order valence-corrected chi connectivity index (χ2v) is 5.86. The number of aliphatic hydroxyl groups is 1. The molecular weight excluding hydrogens is 300 g/mol. The van der Waals surface area contributed by atoms with Crippen LogP contribution in [0.1, 0.15) is 78.6 Å². The summed E-state index contributed by atoms with van der Waals surface area (Å²) in [7, 11) is 0. The number of hydrogen-bond acceptors (Lipinski definition) is 3. The zero-order chi connectivity index (χ0) is 18.0. The van der Waals surface area contributed by atoms with Crippen LogP contribution >= 0.6 is 0 Å². The molecule has 3 heteroatoms. The molecule has 0 heterocycles. The standard InChI is InChI=1S/C21H30O3/c1-19(2)24-21(23)18-16-14-12-10-8-6-4-5-7-9-11-13-15-17-20(3)22/h19-20,22H,6-8,10,12-14,16,18H2,1-3H3/t20-/m1/s1. The molecule has 0 aliphatic carbocycles. The Morgan fingerprint density at radius 3 is 2.12 bits per heavy atom. The van der Waals surface area contributed by atoms with Gasteiger partial charge in [-0.1, -0.05) is 48.9 Å². The molecule has 0 aromatic carbocycles. The van der Waals surface area contributed by atoms with E-state index < -0.39 is 6.10 Å². The minimum Gasteiger partial charge on any atom is -0.463 e. The molecule has 3 nitrogen and oxygen atoms in total. The maximum atomic E-state index is 11.3. The van der Waals surface area contributed by atoms with Crippen molar-refractivity contribution in [2.75, 3.05) is 0 Å². The first-order valence-corrected chi connectivity index (χ1v) is 8.79. The molecule has 1 N–H and O–H groups in total. The molecule has 0 amide bonds. The van der Waals surface area contributed by atoms with Gasteiger partial charge < -0.3 is 9.84 Å². The highest BCUT2D eigenvalue weighted by Crippen LogP contribution is 2.08. The Morgan fingerprint density at radius 1 is 0.875 bits per heavy atom. The minimum absolute atomic E-state index is 0.0158. The maximum Gasteiger partial charge on any atom is 0.306 e. The average Bonchev–Trinajstić information content (AvgIpc) is 2.50. The van der Waals surface area contributed by atoms with Gasteiger partial charge in [0, 0.05) is 12.8 Å². The van der Waals surface area contributed by atoms with E-state index in [9.17, 15) is 4.79 Å². The normalized spacial score (nSPS) is 10.5. The van der Waals surface area contributed by atoms with Gasteiger partial charge in [-0.15, -0.1) is 5.92 Å². The van der Waals surface area contributed by atoms with Gasteiger partial charge in [0.25, 0.3) is 0 Å². The van der Waals surface area contributed by atoms with E-state index in [0.29, 0.717) is 19.3 Å². The van der Waals surface area contributed by atoms with E-state index in [-0.39, 0.29) is 12.1 Å². The molecule has 0 aromatic rings. The van der Waals surface area contributed by atoms with Crippen LogP contribution in [0.25, 0.3) is 0 Å². The lowest BCUT2D eigenvalue weighted by Crippen LogP contribution is -2.10. The molecule has 0 spiro atoms. The molecule has 0 fully saturated rings. The molecule has 1 atom stereocenters. The lowest BCUT2D eigenvalue weighted by atomic mass is 10.1. The fourth-order valence-corrected chi connectivity index (χ4v) is 1.90. The number of carbonyl (C=O) groups is 1. The fraction of sp³-hybridized carbons (Fsp3) is 0.667. The van der Waals surface area contributed by atoms with Crippen LogP contribution in [0, 0.1) is 35.5 Å². The predicted octanol–water partition coefficient (Wildman–Crippen LogP) is 3.84. The van der Waals surface area contributed by atoms with Gasteiger partial charge in [0.2, 0.25) is 0 Å². The molecule has 0 aliphatic rings. The van der Waals surface area contributed by atoms with E-state index in [2.05, 4.69) is 35.5 Å². The van der Waals surface area contributed by atoms with Gasteiger partial charge in [0.15, 0.2) is 0 Å². The van der Waals surface area contributed by atoms with Crippen molar-refractivity contribution in [3.63, 3.8) is 0 Å². The van der Waals surface area contributed by atoms with Crippen molar-refractivity contribution in [2.45, 2.75) is 90.8 Å². The Bertz CT molecular complexity index is 512. The Labute approximate surface area is 147 Å². The molecule has 0 rings (SSSR count). The predicted molar refractivity (Wildman–Crippen MR) is 97.8 cm³/mol. The highest BCUT2D eigenvalue weighted by Gasteiger charge is 2.04. The van der Waals surface area contributed by atoms with Gasteiger partial charge in [-0.05, 0) is 33.6 Å². The first kappa shape index (κ1) is 22.1. The van der Waals surface area contributed by atoms with Crippen LogP contribution < -0.4 is 0 Å². The van der Waals surface area contributed by atoms with E-state index in [1.54, 1.807) is 6.92 Å². The highest BCUT2D eigenvalue weighted by molar-refractivity contribution is 5.69. The van der Waals surface area contributed by atoms with Crippen LogP contribution in [-0.4, -0.2) is 23.3 Å². The Morgan fingerprint density at radius 2 is 1.46 bits per heavy atom. The summed E-state index contributed by atoms with van der Waals surface area (Å²) < 4.78 is 5.09. The first-order valence-electron chi connectivity index (χ1n) is 8.79. The van der Waals surface area contributed by atoms with Crippen molar-refractivity contribution in [1.29, 1.82) is 0 Å². The Hall–Kier alpha value is -1.89. The molecule has 0 radical (unpaired) electrons. The Balaban J connectivity index is 3.45. The van der Waals surface area contributed by atoms with Crippen molar-refractivity contribution in [3.8, 4) is 35.5 Å². The van der Waals surface area contributed by atoms with Crippen LogP contribution in [0.3, 0.4) is 0 Å². The molecule has 0 saturated carbocycles. The molecule has 24 heavy (non-hydrogen) atoms. The summed E-state index contributed by atoms with van der Waals surface area (Å²) in [5.74, 6) is 17.4. The third kappa shape index (κ3) is 18.2. The van der Waals surface area contributed by atoms with Gasteiger partial charge in [0.1, 0.15) is 6.10 Å². The van der Waals surface area contributed by atoms with Crippen LogP contribution in [0.2, 0.25) is 0 Å². The number of aliphatic hydroxyl groups excluding tert-OH is 1. The monoisotopic (exact) mass is 330 g/mol. The molecular formula is C21H30O3. The second kappa shape index (κ2) is 16.0. The molecule has 0 aliphatic heterocycles. The van der Waals surface area contributed by atoms with E-state index in [0.717, 1.165) is 38.5 Å². The summed E-state index contributed by atoms with van der Waals surface area (Å²) in [6.45, 7) is 5.37. The van der Waals surface area contributed by atoms with Gasteiger partial charge in [-0.25, -0.2) is 0 Å². The second-order valence-electron chi connectivity index (χ2n) is 5.86. The zero-order valence-electron chi connectivity index (χ0n) is 15.3. The van der Waals surface area contributed by atoms with Crippen molar-refractivity contribution in [2.24, 2.45) is 0 Å². The number of esters is 1. The van der Waals surface area contributed by atoms with E-state index in [4.69, 9.17) is 9.84 Å². The summed E-state index contributed by atoms with van der Waals surface area (Å²) in [4.78, 5) is 11.3. The SMILES string of the molecule is CC(C)OC(=O)CCCCCCCC#CCC#CCC#C[C@@H](C)O. The third-order valence-corrected chi connectivity index (χ3v) is 2.96. The summed E-state index contributed by atoms with van der Waals surface area (Å²) in [6.07, 6.45) is 7.25. The third-order valence-electron chi connectivity index (χ3n) is 2.96. The van der Waals surface area contributed by atoms with E-state index >= 15 is 0 Å². The molecule has 0 aromatic heterocycles. The van der Waals surface area contributed by atoms with Crippen LogP contribution in [0.4, 0.5) is 0 Å². The largest absolute Gasteiger partial charge is 0.463 e. The number of ether oxygens (including phenoxy) is 1. The van der Waals surface area contributed by atoms with Crippen molar-refractivity contribution >= 4 is 5.97 Å². The topological polar surface area (TPSA) is 46.5 Å². The summed E-state index contributed by atoms with van der Waals surface area (Å²) in [6, 6.07) is 0. The van der Waals surface area contributed by atoms with Crippen molar-refractivity contribution < 1.29 is 14.6 Å². The van der Waals surface area contributed by atoms with Gasteiger partial charge >= 0.3 is 5.97 Å². The summed E-state index contributed by atoms with van der Waals surface area (Å²) in [5.41, 5.74) is 0. The first-order chi connectivity index (χ1) is 11.5. The smallest absolute Gasteiger partial charge is 0.306 e. The lowest BCUT2D eigenvalue weighted by molar-refractivity contribution is -0.147. The zero-order valence-corrected chi connectivity index (χ0v) is 15.3. The van der Waals surface area contributed by atoms with E-state index in [1.165, 1.54) is 0 Å². The van der Waals surface area contributed by atoms with Crippen molar-refractivity contribution in [1.82, 2.24) is 0 Å². The molecule has 132 valence electrons. The number of hydrogen-bond donors (Lipinski definition) is 1. The Kier molecular flexibility index (Phi) is 14.7. The van der Waals surface area contributed by atoms with E-state index in [1.807, 2.05) is 13.8 Å². The highest BCUT2D eigenvalue weighted by atomic mass is 16.5. The van der Waals surface area contributed by atoms with Gasteiger partial charge in [-0.3, -0.25) is 4.79 Å². The number of carbonyl (C=O) groups excluding carboxylic acids is 1. The van der Waals surface area contributed by atoms with Crippen molar-refractivity contribution in [3.05, 3.63) is 0 Å². The fourth-order valence-electron chi connectivity index (χ4n) is 1.90. The van der Waals surface area contributed by atoms with Crippen LogP contribution in [0.15, 0.2) is 0 Å². The summed E-state index contributed by atoms with van der Waals surface area (Å²) >= 11 is 0. The van der Waals surface area contributed by atoms with Gasteiger partial charge in [-0.2, -0.15) is 0 Å². The maximum absolute atomic E-state index is 11.3. The van der Waals surface area contributed by atoms with Gasteiger partial charge in [0.05, 0.1) is 18.9 Å². The summed E-state index contributed by atoms with van der Waals surface area (Å²) in [5, 5.41) is 8.93. The van der Waals surface area contributed by atoms with Crippen LogP contribution in [-0.2, 0) is 9.53 Å². The quantitative estimate of drug-likeness (QED) is 0.418. The minimum atomic E-state index is -0.583.